The number of methoxy groups -OCH3 is 1. The van der Waals surface area contributed by atoms with Crippen LogP contribution in [0.25, 0.3) is 11.0 Å². The maximum Gasteiger partial charge on any atom is 0.410 e. The van der Waals surface area contributed by atoms with Gasteiger partial charge in [0, 0.05) is 37.0 Å². The van der Waals surface area contributed by atoms with Gasteiger partial charge in [-0.05, 0) is 57.4 Å². The van der Waals surface area contributed by atoms with Crippen molar-refractivity contribution < 1.29 is 36.3 Å². The van der Waals surface area contributed by atoms with E-state index in [1.807, 2.05) is 6.92 Å². The summed E-state index contributed by atoms with van der Waals surface area (Å²) in [4.78, 5) is 32.2. The fraction of sp³-hybridized carbons (Fsp3) is 0.469. The molecule has 0 radical (unpaired) electrons. The van der Waals surface area contributed by atoms with Crippen molar-refractivity contribution in [2.45, 2.75) is 63.6 Å². The van der Waals surface area contributed by atoms with E-state index < -0.39 is 40.4 Å². The number of carbonyl (C=O) groups is 2. The van der Waals surface area contributed by atoms with Crippen molar-refractivity contribution in [3.63, 3.8) is 0 Å². The molecule has 2 heterocycles. The minimum Gasteiger partial charge on any atom is -0.495 e. The Labute approximate surface area is 267 Å². The molecule has 2 N–H and O–H groups in total. The largest absolute Gasteiger partial charge is 0.495 e. The summed E-state index contributed by atoms with van der Waals surface area (Å²) in [5.74, 6) is 5.76. The number of fused-ring (bicyclic) bond motifs is 1. The molecule has 1 aliphatic heterocycles. The molecule has 248 valence electrons. The maximum atomic E-state index is 13.6. The third-order valence-electron chi connectivity index (χ3n) is 7.38. The number of nitrogens with zero attached hydrogens (tertiary/aromatic N) is 3. The molecule has 0 aliphatic carbocycles. The number of rotatable bonds is 8. The van der Waals surface area contributed by atoms with Gasteiger partial charge in [0.05, 0.1) is 48.2 Å². The van der Waals surface area contributed by atoms with Gasteiger partial charge in [0.2, 0.25) is 0 Å². The van der Waals surface area contributed by atoms with Crippen LogP contribution in [-0.2, 0) is 21.1 Å². The van der Waals surface area contributed by atoms with Gasteiger partial charge in [-0.1, -0.05) is 18.8 Å². The zero-order valence-corrected chi connectivity index (χ0v) is 27.5. The molecule has 4 rings (SSSR count). The summed E-state index contributed by atoms with van der Waals surface area (Å²) in [7, 11) is -1.99. The molecule has 3 aromatic rings. The van der Waals surface area contributed by atoms with Gasteiger partial charge >= 0.3 is 6.09 Å². The number of piperidine rings is 1. The van der Waals surface area contributed by atoms with Crippen molar-refractivity contribution in [1.82, 2.24) is 19.8 Å². The number of likely N-dealkylation sites (tertiary alicyclic amines) is 1. The van der Waals surface area contributed by atoms with Crippen LogP contribution in [0.1, 0.15) is 50.0 Å². The van der Waals surface area contributed by atoms with Crippen molar-refractivity contribution in [3.05, 3.63) is 47.8 Å². The summed E-state index contributed by atoms with van der Waals surface area (Å²) < 4.78 is 62.5. The van der Waals surface area contributed by atoms with Crippen LogP contribution in [0.4, 0.5) is 19.3 Å². The number of sulfone groups is 1. The molecule has 0 unspecified atom stereocenters. The van der Waals surface area contributed by atoms with Gasteiger partial charge in [0.1, 0.15) is 16.9 Å². The highest BCUT2D eigenvalue weighted by atomic mass is 32.2. The number of benzene rings is 2. The van der Waals surface area contributed by atoms with E-state index in [4.69, 9.17) is 9.47 Å². The Bertz CT molecular complexity index is 1770. The molecular weight excluding hydrogens is 620 g/mol. The second-order valence-corrected chi connectivity index (χ2v) is 14.3. The third kappa shape index (κ3) is 8.66. The minimum absolute atomic E-state index is 0.0744. The Morgan fingerprint density at radius 1 is 1.20 bits per heavy atom. The number of anilines is 1. The standard InChI is InChI=1S/C32H39F2N5O6S/c1-20-17-38(31(41)45-32(2,3)4)13-11-24(20)37-30(40)23-14-21(15-26-29(23)36-19-39(26)18-28(33)34)8-7-12-35-25-10-9-22(46(6,42)43)16-27(25)44-5/h9-10,14-16,19-20,24,28,35H,11-13,17-18H2,1-6H3,(H,37,40)/t20-,24-/m0/s1. The highest BCUT2D eigenvalue weighted by Crippen LogP contribution is 2.28. The molecule has 0 spiro atoms. The number of alkyl halides is 2. The average molecular weight is 660 g/mol. The van der Waals surface area contributed by atoms with Gasteiger partial charge in [0.25, 0.3) is 12.3 Å². The number of nitrogens with one attached hydrogen (secondary N) is 2. The predicted octanol–water partition coefficient (Wildman–Crippen LogP) is 4.55. The highest BCUT2D eigenvalue weighted by molar-refractivity contribution is 7.90. The van der Waals surface area contributed by atoms with E-state index in [0.29, 0.717) is 42.0 Å². The summed E-state index contributed by atoms with van der Waals surface area (Å²) >= 11 is 0. The van der Waals surface area contributed by atoms with Crippen LogP contribution >= 0.6 is 0 Å². The van der Waals surface area contributed by atoms with Crippen molar-refractivity contribution in [1.29, 1.82) is 0 Å². The normalized spacial score (nSPS) is 16.9. The molecule has 1 aromatic heterocycles. The molecule has 2 amide bonds. The summed E-state index contributed by atoms with van der Waals surface area (Å²) in [5, 5.41) is 6.12. The summed E-state index contributed by atoms with van der Waals surface area (Å²) in [6.45, 7) is 7.69. The first-order valence-electron chi connectivity index (χ1n) is 14.7. The summed E-state index contributed by atoms with van der Waals surface area (Å²) in [6, 6.07) is 7.39. The van der Waals surface area contributed by atoms with Crippen molar-refractivity contribution in [2.24, 2.45) is 5.92 Å². The predicted molar refractivity (Wildman–Crippen MR) is 170 cm³/mol. The molecule has 1 saturated heterocycles. The number of imidazole rings is 1. The second kappa shape index (κ2) is 13.9. The topological polar surface area (TPSA) is 132 Å². The molecule has 0 saturated carbocycles. The van der Waals surface area contributed by atoms with E-state index in [-0.39, 0.29) is 34.5 Å². The molecule has 2 aromatic carbocycles. The van der Waals surface area contributed by atoms with Gasteiger partial charge in [-0.3, -0.25) is 4.79 Å². The van der Waals surface area contributed by atoms with Crippen molar-refractivity contribution in [2.75, 3.05) is 38.3 Å². The Hall–Kier alpha value is -4.38. The summed E-state index contributed by atoms with van der Waals surface area (Å²) in [5.41, 5.74) is 1.15. The van der Waals surface area contributed by atoms with Gasteiger partial charge < -0.3 is 29.6 Å². The third-order valence-corrected chi connectivity index (χ3v) is 8.49. The average Bonchev–Trinajstić information content (AvgIpc) is 3.36. The number of ether oxygens (including phenoxy) is 2. The first-order chi connectivity index (χ1) is 21.6. The van der Waals surface area contributed by atoms with Crippen LogP contribution in [0, 0.1) is 17.8 Å². The number of aromatic nitrogens is 2. The number of amides is 2. The zero-order chi connectivity index (χ0) is 33.8. The molecule has 46 heavy (non-hydrogen) atoms. The Morgan fingerprint density at radius 2 is 1.93 bits per heavy atom. The lowest BCUT2D eigenvalue weighted by atomic mass is 9.93. The van der Waals surface area contributed by atoms with E-state index in [0.717, 1.165) is 6.26 Å². The highest BCUT2D eigenvalue weighted by Gasteiger charge is 2.32. The molecule has 14 heteroatoms. The number of hydrogen-bond donors (Lipinski definition) is 2. The van der Waals surface area contributed by atoms with Crippen LogP contribution < -0.4 is 15.4 Å². The molecule has 2 atom stereocenters. The molecule has 0 bridgehead atoms. The van der Waals surface area contributed by atoms with Crippen LogP contribution in [-0.4, -0.2) is 85.9 Å². The quantitative estimate of drug-likeness (QED) is 0.337. The number of carbonyl (C=O) groups excluding carboxylic acids is 2. The lowest BCUT2D eigenvalue weighted by molar-refractivity contribution is 0.0145. The number of halogens is 2. The maximum absolute atomic E-state index is 13.6. The van der Waals surface area contributed by atoms with E-state index in [1.54, 1.807) is 43.9 Å². The first kappa shape index (κ1) is 34.5. The van der Waals surface area contributed by atoms with Crippen molar-refractivity contribution >= 4 is 38.6 Å². The van der Waals surface area contributed by atoms with E-state index in [9.17, 15) is 26.8 Å². The monoisotopic (exact) mass is 659 g/mol. The van der Waals surface area contributed by atoms with Crippen LogP contribution in [0.15, 0.2) is 41.6 Å². The molecule has 11 nitrogen and oxygen atoms in total. The molecule has 1 aliphatic rings. The Morgan fingerprint density at radius 3 is 2.57 bits per heavy atom. The van der Waals surface area contributed by atoms with Crippen LogP contribution in [0.3, 0.4) is 0 Å². The van der Waals surface area contributed by atoms with Gasteiger partial charge in [0.15, 0.2) is 9.84 Å². The smallest absolute Gasteiger partial charge is 0.410 e. The second-order valence-electron chi connectivity index (χ2n) is 12.2. The lowest BCUT2D eigenvalue weighted by Gasteiger charge is -2.37. The SMILES string of the molecule is COc1cc(S(C)(=O)=O)ccc1NCC#Cc1cc(C(=O)N[C@H]2CCN(C(=O)OC(C)(C)C)C[C@@H]2C)c2ncn(CC(F)F)c2c1. The fourth-order valence-electron chi connectivity index (χ4n) is 5.14. The van der Waals surface area contributed by atoms with E-state index in [1.165, 1.54) is 30.1 Å². The number of hydrogen-bond acceptors (Lipinski definition) is 8. The van der Waals surface area contributed by atoms with E-state index >= 15 is 0 Å². The minimum atomic E-state index is -3.42. The molecular formula is C32H39F2N5O6S. The lowest BCUT2D eigenvalue weighted by Crippen LogP contribution is -2.52. The Balaban J connectivity index is 1.54. The van der Waals surface area contributed by atoms with E-state index in [2.05, 4.69) is 27.5 Å². The summed E-state index contributed by atoms with van der Waals surface area (Å²) in [6.07, 6.45) is -0.140. The van der Waals surface area contributed by atoms with Gasteiger partial charge in [-0.15, -0.1) is 0 Å². The first-order valence-corrected chi connectivity index (χ1v) is 16.6. The van der Waals surface area contributed by atoms with Gasteiger partial charge in [-0.2, -0.15) is 0 Å². The van der Waals surface area contributed by atoms with Gasteiger partial charge in [-0.25, -0.2) is 27.0 Å². The fourth-order valence-corrected chi connectivity index (χ4v) is 5.77. The van der Waals surface area contributed by atoms with Crippen molar-refractivity contribution in [3.8, 4) is 17.6 Å². The Kier molecular flexibility index (Phi) is 10.5. The molecule has 1 fully saturated rings. The van der Waals surface area contributed by atoms with Crippen LogP contribution in [0.2, 0.25) is 0 Å². The zero-order valence-electron chi connectivity index (χ0n) is 26.7. The van der Waals surface area contributed by atoms with Crippen LogP contribution in [0.5, 0.6) is 5.75 Å².